The van der Waals surface area contributed by atoms with Crippen molar-refractivity contribution in [1.29, 1.82) is 0 Å². The summed E-state index contributed by atoms with van der Waals surface area (Å²) in [4.78, 5) is 13.4. The summed E-state index contributed by atoms with van der Waals surface area (Å²) in [6.45, 7) is 2.00. The van der Waals surface area contributed by atoms with Crippen molar-refractivity contribution in [3.8, 4) is 5.75 Å². The van der Waals surface area contributed by atoms with Crippen LogP contribution in [0.5, 0.6) is 5.75 Å². The zero-order chi connectivity index (χ0) is 15.9. The van der Waals surface area contributed by atoms with Crippen molar-refractivity contribution >= 4 is 35.0 Å². The van der Waals surface area contributed by atoms with Gasteiger partial charge >= 0.3 is 0 Å². The van der Waals surface area contributed by atoms with E-state index in [1.807, 2.05) is 49.4 Å². The van der Waals surface area contributed by atoms with Crippen LogP contribution in [-0.2, 0) is 4.79 Å². The monoisotopic (exact) mass is 335 g/mol. The van der Waals surface area contributed by atoms with E-state index >= 15 is 0 Å². The second-order valence-electron chi connectivity index (χ2n) is 4.69. The highest BCUT2D eigenvalue weighted by molar-refractivity contribution is 8.00. The van der Waals surface area contributed by atoms with Gasteiger partial charge in [0.15, 0.2) is 0 Å². The number of methoxy groups -OCH3 is 1. The molecule has 0 aliphatic heterocycles. The SMILES string of the molecule is CC[C@H](Sc1ccc(Cl)cc1)C(=O)Nc1cccc(OC)c1. The fourth-order valence-corrected chi connectivity index (χ4v) is 3.00. The Hall–Kier alpha value is -1.65. The van der Waals surface area contributed by atoms with Crippen molar-refractivity contribution in [2.45, 2.75) is 23.5 Å². The Morgan fingerprint density at radius 2 is 2.00 bits per heavy atom. The lowest BCUT2D eigenvalue weighted by Crippen LogP contribution is -2.24. The molecule has 0 heterocycles. The maximum atomic E-state index is 12.4. The number of hydrogen-bond donors (Lipinski definition) is 1. The van der Waals surface area contributed by atoms with E-state index < -0.39 is 0 Å². The van der Waals surface area contributed by atoms with E-state index in [0.29, 0.717) is 5.02 Å². The van der Waals surface area contributed by atoms with Crippen molar-refractivity contribution in [1.82, 2.24) is 0 Å². The van der Waals surface area contributed by atoms with E-state index in [0.717, 1.165) is 22.8 Å². The Morgan fingerprint density at radius 3 is 2.64 bits per heavy atom. The van der Waals surface area contributed by atoms with Gasteiger partial charge in [0.25, 0.3) is 0 Å². The highest BCUT2D eigenvalue weighted by Gasteiger charge is 2.18. The Morgan fingerprint density at radius 1 is 1.27 bits per heavy atom. The normalized spacial score (nSPS) is 11.8. The Balaban J connectivity index is 2.03. The third-order valence-electron chi connectivity index (χ3n) is 3.09. The van der Waals surface area contributed by atoms with Gasteiger partial charge in [0.2, 0.25) is 5.91 Å². The number of carbonyl (C=O) groups is 1. The minimum absolute atomic E-state index is 0.0179. The van der Waals surface area contributed by atoms with Crippen LogP contribution in [0.25, 0.3) is 0 Å². The minimum atomic E-state index is -0.160. The van der Waals surface area contributed by atoms with E-state index in [2.05, 4.69) is 5.32 Å². The van der Waals surface area contributed by atoms with Gasteiger partial charge in [0.05, 0.1) is 12.4 Å². The second kappa shape index (κ2) is 8.11. The number of thioether (sulfide) groups is 1. The van der Waals surface area contributed by atoms with Crippen LogP contribution in [0.1, 0.15) is 13.3 Å². The number of hydrogen-bond acceptors (Lipinski definition) is 3. The first-order valence-electron chi connectivity index (χ1n) is 6.99. The van der Waals surface area contributed by atoms with Gasteiger partial charge in [0, 0.05) is 21.7 Å². The van der Waals surface area contributed by atoms with Gasteiger partial charge in [-0.1, -0.05) is 24.6 Å². The summed E-state index contributed by atoms with van der Waals surface area (Å²) in [5, 5.41) is 3.47. The summed E-state index contributed by atoms with van der Waals surface area (Å²) in [5.41, 5.74) is 0.736. The molecule has 0 aliphatic carbocycles. The highest BCUT2D eigenvalue weighted by atomic mass is 35.5. The van der Waals surface area contributed by atoms with Crippen molar-refractivity contribution in [3.05, 3.63) is 53.6 Å². The molecule has 1 N–H and O–H groups in total. The smallest absolute Gasteiger partial charge is 0.237 e. The maximum Gasteiger partial charge on any atom is 0.237 e. The molecule has 2 rings (SSSR count). The van der Waals surface area contributed by atoms with E-state index in [-0.39, 0.29) is 11.2 Å². The van der Waals surface area contributed by atoms with Gasteiger partial charge in [-0.15, -0.1) is 11.8 Å². The zero-order valence-corrected chi connectivity index (χ0v) is 14.1. The van der Waals surface area contributed by atoms with Crippen LogP contribution in [0.4, 0.5) is 5.69 Å². The van der Waals surface area contributed by atoms with Crippen LogP contribution in [0.3, 0.4) is 0 Å². The quantitative estimate of drug-likeness (QED) is 0.766. The molecule has 1 atom stereocenters. The number of ether oxygens (including phenoxy) is 1. The highest BCUT2D eigenvalue weighted by Crippen LogP contribution is 2.28. The van der Waals surface area contributed by atoms with Gasteiger partial charge in [-0.05, 0) is 42.8 Å². The van der Waals surface area contributed by atoms with Crippen molar-refractivity contribution in [2.75, 3.05) is 12.4 Å². The largest absolute Gasteiger partial charge is 0.497 e. The second-order valence-corrected chi connectivity index (χ2v) is 6.40. The molecule has 3 nitrogen and oxygen atoms in total. The van der Waals surface area contributed by atoms with Crippen molar-refractivity contribution < 1.29 is 9.53 Å². The number of amides is 1. The van der Waals surface area contributed by atoms with Crippen LogP contribution in [0, 0.1) is 0 Å². The third-order valence-corrected chi connectivity index (χ3v) is 4.72. The maximum absolute atomic E-state index is 12.4. The zero-order valence-electron chi connectivity index (χ0n) is 12.5. The van der Waals surface area contributed by atoms with Gasteiger partial charge in [-0.25, -0.2) is 0 Å². The molecule has 0 saturated heterocycles. The molecule has 0 saturated carbocycles. The predicted molar refractivity (Wildman–Crippen MR) is 93.0 cm³/mol. The van der Waals surface area contributed by atoms with Crippen LogP contribution < -0.4 is 10.1 Å². The van der Waals surface area contributed by atoms with Gasteiger partial charge in [0.1, 0.15) is 5.75 Å². The topological polar surface area (TPSA) is 38.3 Å². The molecule has 1 amide bonds. The van der Waals surface area contributed by atoms with E-state index in [9.17, 15) is 4.79 Å². The Labute approximate surface area is 140 Å². The summed E-state index contributed by atoms with van der Waals surface area (Å²) < 4.78 is 5.16. The molecule has 0 fully saturated rings. The lowest BCUT2D eigenvalue weighted by atomic mass is 10.2. The molecule has 5 heteroatoms. The average molecular weight is 336 g/mol. The lowest BCUT2D eigenvalue weighted by Gasteiger charge is -2.15. The Bertz CT molecular complexity index is 631. The molecule has 22 heavy (non-hydrogen) atoms. The molecule has 0 unspecified atom stereocenters. The van der Waals surface area contributed by atoms with Crippen LogP contribution in [0.2, 0.25) is 5.02 Å². The first-order valence-corrected chi connectivity index (χ1v) is 8.25. The van der Waals surface area contributed by atoms with Crippen LogP contribution in [0.15, 0.2) is 53.4 Å². The molecule has 0 bridgehead atoms. The predicted octanol–water partition coefficient (Wildman–Crippen LogP) is 4.86. The fraction of sp³-hybridized carbons (Fsp3) is 0.235. The van der Waals surface area contributed by atoms with Crippen LogP contribution >= 0.6 is 23.4 Å². The first-order chi connectivity index (χ1) is 10.6. The number of nitrogens with one attached hydrogen (secondary N) is 1. The number of carbonyl (C=O) groups excluding carboxylic acids is 1. The summed E-state index contributed by atoms with van der Waals surface area (Å²) >= 11 is 7.41. The molecular formula is C17H18ClNO2S. The summed E-state index contributed by atoms with van der Waals surface area (Å²) in [6.07, 6.45) is 0.739. The van der Waals surface area contributed by atoms with Gasteiger partial charge < -0.3 is 10.1 Å². The summed E-state index contributed by atoms with van der Waals surface area (Å²) in [7, 11) is 1.60. The average Bonchev–Trinajstić information content (AvgIpc) is 2.54. The molecule has 2 aromatic carbocycles. The van der Waals surface area contributed by atoms with E-state index in [1.54, 1.807) is 13.2 Å². The van der Waals surface area contributed by atoms with Gasteiger partial charge in [-0.2, -0.15) is 0 Å². The van der Waals surface area contributed by atoms with Crippen molar-refractivity contribution in [3.63, 3.8) is 0 Å². The van der Waals surface area contributed by atoms with Gasteiger partial charge in [-0.3, -0.25) is 4.79 Å². The molecule has 2 aromatic rings. The lowest BCUT2D eigenvalue weighted by molar-refractivity contribution is -0.115. The summed E-state index contributed by atoms with van der Waals surface area (Å²) in [5.74, 6) is 0.701. The van der Waals surface area contributed by atoms with Crippen molar-refractivity contribution in [2.24, 2.45) is 0 Å². The number of rotatable bonds is 6. The molecular weight excluding hydrogens is 318 g/mol. The number of halogens is 1. The molecule has 0 aromatic heterocycles. The molecule has 0 spiro atoms. The molecule has 0 radical (unpaired) electrons. The first kappa shape index (κ1) is 16.7. The molecule has 116 valence electrons. The standard InChI is InChI=1S/C17H18ClNO2S/c1-3-16(22-15-9-7-12(18)8-10-15)17(20)19-13-5-4-6-14(11-13)21-2/h4-11,16H,3H2,1-2H3,(H,19,20)/t16-/m0/s1. The van der Waals surface area contributed by atoms with E-state index in [4.69, 9.17) is 16.3 Å². The molecule has 0 aliphatic rings. The minimum Gasteiger partial charge on any atom is -0.497 e. The fourth-order valence-electron chi connectivity index (χ4n) is 1.92. The number of anilines is 1. The third kappa shape index (κ3) is 4.68. The number of benzene rings is 2. The van der Waals surface area contributed by atoms with Crippen LogP contribution in [-0.4, -0.2) is 18.3 Å². The summed E-state index contributed by atoms with van der Waals surface area (Å²) in [6, 6.07) is 14.9. The van der Waals surface area contributed by atoms with E-state index in [1.165, 1.54) is 11.8 Å². The Kier molecular flexibility index (Phi) is 6.16.